The average Bonchev–Trinajstić information content (AvgIpc) is 3.99. The second-order valence-electron chi connectivity index (χ2n) is 15.4. The van der Waals surface area contributed by atoms with Gasteiger partial charge in [-0.25, -0.2) is 0 Å². The van der Waals surface area contributed by atoms with Gasteiger partial charge in [0.1, 0.15) is 0 Å². The molecule has 4 N–H and O–H groups in total. The van der Waals surface area contributed by atoms with Crippen LogP contribution in [0.5, 0.6) is 0 Å². The van der Waals surface area contributed by atoms with Crippen LogP contribution in [0, 0.1) is 0 Å². The number of benzene rings is 4. The predicted octanol–water partition coefficient (Wildman–Crippen LogP) is 10.2. The Morgan fingerprint density at radius 3 is 0.731 bits per heavy atom. The summed E-state index contributed by atoms with van der Waals surface area (Å²) in [6.07, 6.45) is 14.5. The summed E-state index contributed by atoms with van der Waals surface area (Å²) in [6.45, 7) is 0. The van der Waals surface area contributed by atoms with Crippen LogP contribution in [0.15, 0.2) is 139 Å². The number of hydrogen-bond donors (Lipinski definition) is 4. The molecule has 52 heavy (non-hydrogen) atoms. The zero-order chi connectivity index (χ0) is 35.3. The first-order valence-electron chi connectivity index (χ1n) is 18.8. The van der Waals surface area contributed by atoms with E-state index >= 15 is 0 Å². The van der Waals surface area contributed by atoms with Gasteiger partial charge >= 0.3 is 0 Å². The van der Waals surface area contributed by atoms with Crippen molar-refractivity contribution in [2.75, 3.05) is 0 Å². The molecule has 0 saturated carbocycles. The van der Waals surface area contributed by atoms with Gasteiger partial charge in [-0.1, -0.05) is 137 Å². The van der Waals surface area contributed by atoms with Gasteiger partial charge in [0.25, 0.3) is 0 Å². The van der Waals surface area contributed by atoms with E-state index in [2.05, 4.69) is 206 Å². The minimum absolute atomic E-state index is 0.223. The maximum Gasteiger partial charge on any atom is 0.0340 e. The summed E-state index contributed by atoms with van der Waals surface area (Å²) in [5.41, 5.74) is 5.56. The summed E-state index contributed by atoms with van der Waals surface area (Å²) in [4.78, 5) is 0. The molecule has 4 aromatic rings. The minimum atomic E-state index is 0.223. The molecule has 5 heterocycles. The van der Waals surface area contributed by atoms with E-state index in [1.807, 2.05) is 0 Å². The van der Waals surface area contributed by atoms with Gasteiger partial charge in [0.05, 0.1) is 0 Å². The molecule has 0 aromatic heterocycles. The Morgan fingerprint density at radius 1 is 0.308 bits per heavy atom. The molecule has 8 bridgehead atoms. The molecule has 8 heteroatoms. The number of rotatable bonds is 4. The van der Waals surface area contributed by atoms with Crippen molar-refractivity contribution in [3.8, 4) is 0 Å². The zero-order valence-electron chi connectivity index (χ0n) is 28.8. The van der Waals surface area contributed by atoms with Gasteiger partial charge < -0.3 is 21.3 Å². The number of hydrogen-bond acceptors (Lipinski definition) is 4. The van der Waals surface area contributed by atoms with Gasteiger partial charge in [-0.2, -0.15) is 0 Å². The largest absolute Gasteiger partial charge is 0.310 e. The molecule has 4 nitrogen and oxygen atoms in total. The van der Waals surface area contributed by atoms with E-state index in [1.165, 1.54) is 22.3 Å². The van der Waals surface area contributed by atoms with Gasteiger partial charge in [-0.15, -0.1) is 0 Å². The Bertz CT molecular complexity index is 1640. The van der Waals surface area contributed by atoms with Crippen molar-refractivity contribution in [1.82, 2.24) is 21.3 Å². The molecule has 5 aliphatic rings. The summed E-state index contributed by atoms with van der Waals surface area (Å²) in [5.74, 6) is 1.20. The Kier molecular flexibility index (Phi) is 10.6. The standard InChI is InChI=1S/C44H44Br4N4/c45-29-9-1-25(2-10-29)41-33-17-19-35(49-33)42(26-3-11-30(46)12-4-26)37-21-23-39(51-37)44(28-7-15-32(48)16-8-28)40-24-22-38(52-40)43(36-20-18-34(41)50-36)27-5-13-31(47)14-6-27/h1-17,19,22,24,33-44,49-52H,18,20-21,23H2. The highest BCUT2D eigenvalue weighted by molar-refractivity contribution is 9.11. The van der Waals surface area contributed by atoms with E-state index in [0.717, 1.165) is 43.6 Å². The van der Waals surface area contributed by atoms with E-state index in [1.54, 1.807) is 0 Å². The van der Waals surface area contributed by atoms with Crippen LogP contribution in [0.25, 0.3) is 0 Å². The minimum Gasteiger partial charge on any atom is -0.310 e. The smallest absolute Gasteiger partial charge is 0.0340 e. The molecule has 4 aromatic carbocycles. The molecule has 12 unspecified atom stereocenters. The lowest BCUT2D eigenvalue weighted by Gasteiger charge is -2.38. The van der Waals surface area contributed by atoms with Gasteiger partial charge in [0.15, 0.2) is 0 Å². The molecule has 0 spiro atoms. The SMILES string of the molecule is Brc1ccc(C2C3C=CC(N3)C(c3ccc(Br)cc3)C3CCC(N3)C(c3ccc(Br)cc3)C3C=CC(N3)C(c3ccc(Br)cc3)C3CCC2N3)cc1. The van der Waals surface area contributed by atoms with Crippen LogP contribution in [0.2, 0.25) is 0 Å². The second kappa shape index (κ2) is 15.3. The predicted molar refractivity (Wildman–Crippen MR) is 227 cm³/mol. The molecule has 0 amide bonds. The molecule has 0 radical (unpaired) electrons. The van der Waals surface area contributed by atoms with Crippen LogP contribution in [0.4, 0.5) is 0 Å². The quantitative estimate of drug-likeness (QED) is 0.154. The average molecular weight is 948 g/mol. The summed E-state index contributed by atoms with van der Waals surface area (Å²) in [5, 5.41) is 17.1. The van der Waals surface area contributed by atoms with Crippen LogP contribution in [-0.4, -0.2) is 48.3 Å². The van der Waals surface area contributed by atoms with E-state index in [9.17, 15) is 0 Å². The summed E-state index contributed by atoms with van der Waals surface area (Å²) in [7, 11) is 0. The van der Waals surface area contributed by atoms with Gasteiger partial charge in [-0.3, -0.25) is 0 Å². The maximum atomic E-state index is 4.30. The van der Waals surface area contributed by atoms with E-state index in [-0.39, 0.29) is 24.2 Å². The summed E-state index contributed by atoms with van der Waals surface area (Å²) < 4.78 is 4.49. The third kappa shape index (κ3) is 7.16. The van der Waals surface area contributed by atoms with Crippen LogP contribution in [-0.2, 0) is 0 Å². The van der Waals surface area contributed by atoms with Crippen molar-refractivity contribution in [3.05, 3.63) is 162 Å². The highest BCUT2D eigenvalue weighted by Gasteiger charge is 2.47. The first-order valence-corrected chi connectivity index (χ1v) is 22.0. The molecule has 268 valence electrons. The van der Waals surface area contributed by atoms with Crippen molar-refractivity contribution in [2.24, 2.45) is 0 Å². The van der Waals surface area contributed by atoms with Crippen molar-refractivity contribution >= 4 is 63.7 Å². The maximum absolute atomic E-state index is 4.30. The van der Waals surface area contributed by atoms with Crippen LogP contribution >= 0.6 is 63.7 Å². The molecule has 5 aliphatic heterocycles. The highest BCUT2D eigenvalue weighted by Crippen LogP contribution is 2.44. The topological polar surface area (TPSA) is 48.1 Å². The summed E-state index contributed by atoms with van der Waals surface area (Å²) >= 11 is 14.8. The fraction of sp³-hybridized carbons (Fsp3) is 0.364. The first kappa shape index (κ1) is 35.8. The Morgan fingerprint density at radius 2 is 0.519 bits per heavy atom. The summed E-state index contributed by atoms with van der Waals surface area (Å²) in [6, 6.07) is 38.6. The van der Waals surface area contributed by atoms with Crippen LogP contribution in [0.3, 0.4) is 0 Å². The fourth-order valence-corrected chi connectivity index (χ4v) is 11.3. The Labute approximate surface area is 341 Å². The Balaban J connectivity index is 1.14. The monoisotopic (exact) mass is 944 g/mol. The van der Waals surface area contributed by atoms with E-state index in [0.29, 0.717) is 47.8 Å². The zero-order valence-corrected chi connectivity index (χ0v) is 35.2. The lowest BCUT2D eigenvalue weighted by Crippen LogP contribution is -2.52. The van der Waals surface area contributed by atoms with Gasteiger partial charge in [0.2, 0.25) is 0 Å². The fourth-order valence-electron chi connectivity index (χ4n) is 10.3. The van der Waals surface area contributed by atoms with Crippen molar-refractivity contribution in [1.29, 1.82) is 0 Å². The van der Waals surface area contributed by atoms with Crippen LogP contribution in [0.1, 0.15) is 71.6 Å². The molecule has 3 saturated heterocycles. The highest BCUT2D eigenvalue weighted by atomic mass is 79.9. The van der Waals surface area contributed by atoms with Gasteiger partial charge in [0, 0.05) is 89.9 Å². The third-order valence-corrected chi connectivity index (χ3v) is 14.7. The normalized spacial score (nSPS) is 35.3. The molecule has 0 aliphatic carbocycles. The Hall–Kier alpha value is -1.88. The third-order valence-electron chi connectivity index (χ3n) is 12.6. The molecule has 3 fully saturated rings. The lowest BCUT2D eigenvalue weighted by atomic mass is 9.83. The van der Waals surface area contributed by atoms with Crippen molar-refractivity contribution in [2.45, 2.75) is 97.7 Å². The first-order chi connectivity index (χ1) is 25.4. The molecular weight excluding hydrogens is 904 g/mol. The van der Waals surface area contributed by atoms with Crippen LogP contribution < -0.4 is 21.3 Å². The molecule has 12 atom stereocenters. The lowest BCUT2D eigenvalue weighted by molar-refractivity contribution is 0.317. The number of nitrogens with one attached hydrogen (secondary N) is 4. The second-order valence-corrected chi connectivity index (χ2v) is 19.1. The number of halogens is 4. The number of fused-ring (bicyclic) bond motifs is 8. The van der Waals surface area contributed by atoms with E-state index < -0.39 is 0 Å². The molecular formula is C44H44Br4N4. The molecule has 9 rings (SSSR count). The van der Waals surface area contributed by atoms with E-state index in [4.69, 9.17) is 0 Å². The van der Waals surface area contributed by atoms with Gasteiger partial charge in [-0.05, 0) is 96.5 Å². The van der Waals surface area contributed by atoms with Crippen molar-refractivity contribution < 1.29 is 0 Å². The van der Waals surface area contributed by atoms with Crippen molar-refractivity contribution in [3.63, 3.8) is 0 Å².